The molecular weight excluding hydrogens is 232 g/mol. The Morgan fingerprint density at radius 3 is 2.71 bits per heavy atom. The minimum absolute atomic E-state index is 0.0147. The van der Waals surface area contributed by atoms with Gasteiger partial charge in [0.2, 0.25) is 5.78 Å². The van der Waals surface area contributed by atoms with Crippen molar-refractivity contribution in [1.29, 1.82) is 0 Å². The summed E-state index contributed by atoms with van der Waals surface area (Å²) in [6, 6.07) is 5.85. The molecule has 0 N–H and O–H groups in total. The van der Waals surface area contributed by atoms with Gasteiger partial charge in [-0.15, -0.1) is 11.3 Å². The zero-order valence-corrected chi connectivity index (χ0v) is 10.9. The predicted molar refractivity (Wildman–Crippen MR) is 70.4 cm³/mol. The van der Waals surface area contributed by atoms with Gasteiger partial charge in [-0.2, -0.15) is 5.10 Å². The summed E-state index contributed by atoms with van der Waals surface area (Å²) >= 11 is 1.67. The Morgan fingerprint density at radius 2 is 2.18 bits per heavy atom. The molecular formula is C13H14N2OS. The van der Waals surface area contributed by atoms with Crippen molar-refractivity contribution in [2.45, 2.75) is 13.8 Å². The van der Waals surface area contributed by atoms with Crippen molar-refractivity contribution in [3.8, 4) is 0 Å². The SMILES string of the molecule is Cc1cc(C(=O)/C=C/c2ccc(C)s2)n(C)n1. The van der Waals surface area contributed by atoms with Crippen molar-refractivity contribution in [2.75, 3.05) is 0 Å². The number of ketones is 1. The van der Waals surface area contributed by atoms with Gasteiger partial charge in [0.15, 0.2) is 0 Å². The molecule has 2 aromatic heterocycles. The van der Waals surface area contributed by atoms with E-state index in [4.69, 9.17) is 0 Å². The lowest BCUT2D eigenvalue weighted by atomic mass is 10.2. The van der Waals surface area contributed by atoms with Crippen LogP contribution in [0.4, 0.5) is 0 Å². The Bertz CT molecular complexity index is 578. The quantitative estimate of drug-likeness (QED) is 0.616. The number of aromatic nitrogens is 2. The van der Waals surface area contributed by atoms with Gasteiger partial charge in [-0.1, -0.05) is 0 Å². The van der Waals surface area contributed by atoms with Gasteiger partial charge in [-0.05, 0) is 44.2 Å². The molecule has 17 heavy (non-hydrogen) atoms. The van der Waals surface area contributed by atoms with Crippen LogP contribution in [0.1, 0.15) is 25.9 Å². The summed E-state index contributed by atoms with van der Waals surface area (Å²) in [5.74, 6) is -0.0147. The minimum Gasteiger partial charge on any atom is -0.288 e. The smallest absolute Gasteiger partial charge is 0.203 e. The van der Waals surface area contributed by atoms with Crippen LogP contribution >= 0.6 is 11.3 Å². The van der Waals surface area contributed by atoms with Crippen molar-refractivity contribution in [3.63, 3.8) is 0 Å². The number of hydrogen-bond donors (Lipinski definition) is 0. The molecule has 0 bridgehead atoms. The third kappa shape index (κ3) is 2.71. The summed E-state index contributed by atoms with van der Waals surface area (Å²) in [5, 5.41) is 4.16. The molecule has 0 atom stereocenters. The molecule has 2 aromatic rings. The van der Waals surface area contributed by atoms with E-state index in [-0.39, 0.29) is 5.78 Å². The van der Waals surface area contributed by atoms with Crippen LogP contribution in [0, 0.1) is 13.8 Å². The molecule has 88 valence electrons. The normalized spacial score (nSPS) is 11.2. The molecule has 0 fully saturated rings. The molecule has 0 saturated carbocycles. The van der Waals surface area contributed by atoms with Crippen LogP contribution in [0.15, 0.2) is 24.3 Å². The lowest BCUT2D eigenvalue weighted by Gasteiger charge is -1.94. The summed E-state index contributed by atoms with van der Waals surface area (Å²) in [4.78, 5) is 14.3. The van der Waals surface area contributed by atoms with Gasteiger partial charge in [0.05, 0.1) is 5.69 Å². The Hall–Kier alpha value is -1.68. The summed E-state index contributed by atoms with van der Waals surface area (Å²) in [6.45, 7) is 3.93. The average molecular weight is 246 g/mol. The fraction of sp³-hybridized carbons (Fsp3) is 0.231. The van der Waals surface area contributed by atoms with E-state index in [0.717, 1.165) is 10.6 Å². The number of carbonyl (C=O) groups is 1. The number of nitrogens with zero attached hydrogens (tertiary/aromatic N) is 2. The van der Waals surface area contributed by atoms with Crippen molar-refractivity contribution in [1.82, 2.24) is 9.78 Å². The fourth-order valence-electron chi connectivity index (χ4n) is 1.63. The summed E-state index contributed by atoms with van der Waals surface area (Å²) in [5.41, 5.74) is 1.48. The first-order valence-corrected chi connectivity index (χ1v) is 6.17. The Kier molecular flexibility index (Phi) is 3.24. The Labute approximate surface area is 104 Å². The fourth-order valence-corrected chi connectivity index (χ4v) is 2.41. The number of aryl methyl sites for hydroxylation is 3. The van der Waals surface area contributed by atoms with Crippen molar-refractivity contribution in [3.05, 3.63) is 45.4 Å². The highest BCUT2D eigenvalue weighted by atomic mass is 32.1. The third-order valence-corrected chi connectivity index (χ3v) is 3.38. The van der Waals surface area contributed by atoms with Crippen LogP contribution in [-0.2, 0) is 7.05 Å². The highest BCUT2D eigenvalue weighted by Gasteiger charge is 2.08. The predicted octanol–water partition coefficient (Wildman–Crippen LogP) is 2.99. The summed E-state index contributed by atoms with van der Waals surface area (Å²) in [6.07, 6.45) is 3.45. The van der Waals surface area contributed by atoms with E-state index in [1.165, 1.54) is 4.88 Å². The van der Waals surface area contributed by atoms with Crippen LogP contribution in [0.3, 0.4) is 0 Å². The van der Waals surface area contributed by atoms with Crippen LogP contribution < -0.4 is 0 Å². The van der Waals surface area contributed by atoms with E-state index >= 15 is 0 Å². The van der Waals surface area contributed by atoms with E-state index in [9.17, 15) is 4.79 Å². The number of hydrogen-bond acceptors (Lipinski definition) is 3. The lowest BCUT2D eigenvalue weighted by molar-refractivity contribution is 0.103. The van der Waals surface area contributed by atoms with E-state index in [1.807, 2.05) is 32.1 Å². The molecule has 0 radical (unpaired) electrons. The second-order valence-electron chi connectivity index (χ2n) is 3.94. The maximum atomic E-state index is 11.9. The van der Waals surface area contributed by atoms with Gasteiger partial charge >= 0.3 is 0 Å². The van der Waals surface area contributed by atoms with E-state index in [2.05, 4.69) is 5.10 Å². The largest absolute Gasteiger partial charge is 0.288 e. The zero-order chi connectivity index (χ0) is 12.4. The van der Waals surface area contributed by atoms with Crippen LogP contribution in [0.2, 0.25) is 0 Å². The van der Waals surface area contributed by atoms with Gasteiger partial charge in [-0.3, -0.25) is 9.48 Å². The molecule has 4 heteroatoms. The van der Waals surface area contributed by atoms with Gasteiger partial charge in [0.1, 0.15) is 5.69 Å². The van der Waals surface area contributed by atoms with Crippen LogP contribution in [0.5, 0.6) is 0 Å². The van der Waals surface area contributed by atoms with Gasteiger partial charge in [0, 0.05) is 16.8 Å². The summed E-state index contributed by atoms with van der Waals surface area (Å²) < 4.78 is 1.61. The molecule has 2 heterocycles. The molecule has 0 aliphatic carbocycles. The molecule has 0 aliphatic heterocycles. The van der Waals surface area contributed by atoms with E-state index in [0.29, 0.717) is 5.69 Å². The van der Waals surface area contributed by atoms with Crippen molar-refractivity contribution < 1.29 is 4.79 Å². The highest BCUT2D eigenvalue weighted by molar-refractivity contribution is 7.12. The first kappa shape index (κ1) is 11.8. The number of carbonyl (C=O) groups excluding carboxylic acids is 1. The minimum atomic E-state index is -0.0147. The van der Waals surface area contributed by atoms with Gasteiger partial charge in [-0.25, -0.2) is 0 Å². The molecule has 3 nitrogen and oxygen atoms in total. The zero-order valence-electron chi connectivity index (χ0n) is 10.1. The Morgan fingerprint density at radius 1 is 1.41 bits per heavy atom. The van der Waals surface area contributed by atoms with Crippen molar-refractivity contribution >= 4 is 23.2 Å². The second-order valence-corrected chi connectivity index (χ2v) is 5.26. The molecule has 0 amide bonds. The first-order chi connectivity index (χ1) is 8.06. The lowest BCUT2D eigenvalue weighted by Crippen LogP contribution is -2.03. The van der Waals surface area contributed by atoms with E-state index < -0.39 is 0 Å². The number of allylic oxidation sites excluding steroid dienone is 1. The standard InChI is InChI=1S/C13H14N2OS/c1-9-8-12(15(3)14-9)13(16)7-6-11-5-4-10(2)17-11/h4-8H,1-3H3/b7-6+. The Balaban J connectivity index is 2.17. The monoisotopic (exact) mass is 246 g/mol. The average Bonchev–Trinajstić information content (AvgIpc) is 2.81. The molecule has 0 saturated heterocycles. The second kappa shape index (κ2) is 4.67. The third-order valence-electron chi connectivity index (χ3n) is 2.41. The molecule has 2 rings (SSSR count). The number of thiophene rings is 1. The highest BCUT2D eigenvalue weighted by Crippen LogP contribution is 2.16. The first-order valence-electron chi connectivity index (χ1n) is 5.36. The van der Waals surface area contributed by atoms with Crippen LogP contribution in [-0.4, -0.2) is 15.6 Å². The van der Waals surface area contributed by atoms with Crippen LogP contribution in [0.25, 0.3) is 6.08 Å². The van der Waals surface area contributed by atoms with E-state index in [1.54, 1.807) is 35.2 Å². The topological polar surface area (TPSA) is 34.9 Å². The molecule has 0 spiro atoms. The van der Waals surface area contributed by atoms with Gasteiger partial charge in [0.25, 0.3) is 0 Å². The molecule has 0 aromatic carbocycles. The molecule has 0 aliphatic rings. The summed E-state index contributed by atoms with van der Waals surface area (Å²) in [7, 11) is 1.78. The molecule has 0 unspecified atom stereocenters. The maximum absolute atomic E-state index is 11.9. The maximum Gasteiger partial charge on any atom is 0.203 e. The van der Waals surface area contributed by atoms with Crippen molar-refractivity contribution in [2.24, 2.45) is 7.05 Å². The van der Waals surface area contributed by atoms with Gasteiger partial charge < -0.3 is 0 Å². The number of rotatable bonds is 3.